The van der Waals surface area contributed by atoms with Crippen molar-refractivity contribution in [1.82, 2.24) is 20.3 Å². The zero-order valence-corrected chi connectivity index (χ0v) is 11.2. The Bertz CT molecular complexity index is 456. The molecular weight excluding hydrogens is 246 g/mol. The number of carbonyl (C=O) groups is 1. The molecule has 1 aromatic rings. The molecule has 104 valence electrons. The molecule has 0 saturated carbocycles. The van der Waals surface area contributed by atoms with Crippen LogP contribution >= 0.6 is 0 Å². The number of rotatable bonds is 3. The molecule has 0 aliphatic carbocycles. The number of hydrogen-bond donors (Lipinski definition) is 3. The molecule has 0 unspecified atom stereocenters. The summed E-state index contributed by atoms with van der Waals surface area (Å²) < 4.78 is 0. The van der Waals surface area contributed by atoms with Crippen molar-refractivity contribution in [3.63, 3.8) is 0 Å². The standard InChI is InChI=1S/C11H19N7O/c1-7-14-10(13-2)17-11(15-7)18-5-3-8(4-6-18)16-9(12)19/h8H,3-6H2,1-2H3,(H3,12,16,19)(H,13,14,15,17). The fraction of sp³-hybridized carbons (Fsp3) is 0.636. The van der Waals surface area contributed by atoms with Gasteiger partial charge in [-0.25, -0.2) is 4.79 Å². The molecule has 2 rings (SSSR count). The van der Waals surface area contributed by atoms with Crippen LogP contribution in [-0.2, 0) is 0 Å². The van der Waals surface area contributed by atoms with Gasteiger partial charge in [0.15, 0.2) is 0 Å². The second-order valence-corrected chi connectivity index (χ2v) is 4.53. The first-order valence-corrected chi connectivity index (χ1v) is 6.30. The molecule has 1 aromatic heterocycles. The Kier molecular flexibility index (Phi) is 3.98. The zero-order chi connectivity index (χ0) is 13.8. The Morgan fingerprint density at radius 2 is 2.00 bits per heavy atom. The lowest BCUT2D eigenvalue weighted by molar-refractivity contribution is 0.242. The van der Waals surface area contributed by atoms with E-state index in [0.717, 1.165) is 25.9 Å². The van der Waals surface area contributed by atoms with E-state index in [0.29, 0.717) is 17.7 Å². The van der Waals surface area contributed by atoms with E-state index in [9.17, 15) is 4.79 Å². The second-order valence-electron chi connectivity index (χ2n) is 4.53. The Morgan fingerprint density at radius 3 is 2.58 bits per heavy atom. The van der Waals surface area contributed by atoms with E-state index in [-0.39, 0.29) is 6.04 Å². The average molecular weight is 265 g/mol. The first kappa shape index (κ1) is 13.3. The van der Waals surface area contributed by atoms with Crippen molar-refractivity contribution >= 4 is 17.9 Å². The minimum atomic E-state index is -0.466. The van der Waals surface area contributed by atoms with Gasteiger partial charge in [-0.15, -0.1) is 0 Å². The second kappa shape index (κ2) is 5.68. The molecule has 0 spiro atoms. The van der Waals surface area contributed by atoms with Crippen LogP contribution < -0.4 is 21.3 Å². The first-order valence-electron chi connectivity index (χ1n) is 6.30. The quantitative estimate of drug-likeness (QED) is 0.701. The molecule has 0 aromatic carbocycles. The van der Waals surface area contributed by atoms with E-state index in [4.69, 9.17) is 5.73 Å². The van der Waals surface area contributed by atoms with Gasteiger partial charge in [-0.2, -0.15) is 15.0 Å². The monoisotopic (exact) mass is 265 g/mol. The van der Waals surface area contributed by atoms with Crippen molar-refractivity contribution in [2.75, 3.05) is 30.4 Å². The molecule has 19 heavy (non-hydrogen) atoms. The molecule has 2 heterocycles. The summed E-state index contributed by atoms with van der Waals surface area (Å²) in [5.41, 5.74) is 5.12. The lowest BCUT2D eigenvalue weighted by Gasteiger charge is -2.32. The van der Waals surface area contributed by atoms with E-state index >= 15 is 0 Å². The SMILES string of the molecule is CNc1nc(C)nc(N2CCC(NC(N)=O)CC2)n1. The van der Waals surface area contributed by atoms with Gasteiger partial charge in [-0.05, 0) is 19.8 Å². The van der Waals surface area contributed by atoms with E-state index in [1.807, 2.05) is 6.92 Å². The van der Waals surface area contributed by atoms with Gasteiger partial charge >= 0.3 is 6.03 Å². The summed E-state index contributed by atoms with van der Waals surface area (Å²) in [6.45, 7) is 3.42. The molecule has 1 aliphatic rings. The summed E-state index contributed by atoms with van der Waals surface area (Å²) in [6, 6.07) is -0.327. The van der Waals surface area contributed by atoms with Crippen molar-refractivity contribution in [2.45, 2.75) is 25.8 Å². The van der Waals surface area contributed by atoms with Gasteiger partial charge in [0.25, 0.3) is 0 Å². The van der Waals surface area contributed by atoms with Crippen molar-refractivity contribution < 1.29 is 4.79 Å². The number of aromatic nitrogens is 3. The number of nitrogens with two attached hydrogens (primary N) is 1. The van der Waals surface area contributed by atoms with Crippen LogP contribution in [0.25, 0.3) is 0 Å². The van der Waals surface area contributed by atoms with Crippen LogP contribution in [0.1, 0.15) is 18.7 Å². The normalized spacial score (nSPS) is 16.2. The molecule has 0 bridgehead atoms. The fourth-order valence-corrected chi connectivity index (χ4v) is 2.15. The number of hydrogen-bond acceptors (Lipinski definition) is 6. The van der Waals surface area contributed by atoms with Crippen LogP contribution in [0.4, 0.5) is 16.7 Å². The molecule has 1 aliphatic heterocycles. The molecule has 8 nitrogen and oxygen atoms in total. The van der Waals surface area contributed by atoms with Gasteiger partial charge in [0.2, 0.25) is 11.9 Å². The summed E-state index contributed by atoms with van der Waals surface area (Å²) in [6.07, 6.45) is 1.67. The molecule has 4 N–H and O–H groups in total. The number of urea groups is 1. The van der Waals surface area contributed by atoms with Gasteiger partial charge in [-0.1, -0.05) is 0 Å². The van der Waals surface area contributed by atoms with Gasteiger partial charge in [0.05, 0.1) is 0 Å². The summed E-state index contributed by atoms with van der Waals surface area (Å²) in [5, 5.41) is 5.65. The summed E-state index contributed by atoms with van der Waals surface area (Å²) >= 11 is 0. The predicted octanol–water partition coefficient (Wildman–Crippen LogP) is -0.141. The zero-order valence-electron chi connectivity index (χ0n) is 11.2. The predicted molar refractivity (Wildman–Crippen MR) is 72.1 cm³/mol. The molecular formula is C11H19N7O. The van der Waals surface area contributed by atoms with Crippen LogP contribution in [0.2, 0.25) is 0 Å². The van der Waals surface area contributed by atoms with Crippen molar-refractivity contribution in [2.24, 2.45) is 5.73 Å². The fourth-order valence-electron chi connectivity index (χ4n) is 2.15. The summed E-state index contributed by atoms with van der Waals surface area (Å²) in [5.74, 6) is 1.93. The number of aryl methyl sites for hydroxylation is 1. The molecule has 2 amide bonds. The largest absolute Gasteiger partial charge is 0.357 e. The smallest absolute Gasteiger partial charge is 0.312 e. The lowest BCUT2D eigenvalue weighted by Crippen LogP contribution is -2.46. The maximum atomic E-state index is 10.8. The third-order valence-electron chi connectivity index (χ3n) is 3.08. The highest BCUT2D eigenvalue weighted by Gasteiger charge is 2.22. The highest BCUT2D eigenvalue weighted by Crippen LogP contribution is 2.17. The first-order chi connectivity index (χ1) is 9.08. The number of nitrogens with zero attached hydrogens (tertiary/aromatic N) is 4. The van der Waals surface area contributed by atoms with E-state index in [1.165, 1.54) is 0 Å². The Balaban J connectivity index is 2.01. The maximum absolute atomic E-state index is 10.8. The van der Waals surface area contributed by atoms with Crippen LogP contribution in [-0.4, -0.2) is 47.2 Å². The summed E-state index contributed by atoms with van der Waals surface area (Å²) in [7, 11) is 1.78. The minimum absolute atomic E-state index is 0.139. The third-order valence-corrected chi connectivity index (χ3v) is 3.08. The van der Waals surface area contributed by atoms with Gasteiger partial charge in [0, 0.05) is 26.2 Å². The molecule has 1 saturated heterocycles. The molecule has 1 fully saturated rings. The maximum Gasteiger partial charge on any atom is 0.312 e. The van der Waals surface area contributed by atoms with Gasteiger partial charge in [-0.3, -0.25) is 0 Å². The lowest BCUT2D eigenvalue weighted by atomic mass is 10.1. The van der Waals surface area contributed by atoms with Crippen molar-refractivity contribution in [3.05, 3.63) is 5.82 Å². The average Bonchev–Trinajstić information content (AvgIpc) is 2.38. The number of amides is 2. The Labute approximate surface area is 111 Å². The van der Waals surface area contributed by atoms with Crippen molar-refractivity contribution in [3.8, 4) is 0 Å². The van der Waals surface area contributed by atoms with E-state index in [1.54, 1.807) is 7.05 Å². The van der Waals surface area contributed by atoms with Crippen LogP contribution in [0.5, 0.6) is 0 Å². The van der Waals surface area contributed by atoms with Crippen LogP contribution in [0.15, 0.2) is 0 Å². The molecule has 8 heteroatoms. The molecule has 0 radical (unpaired) electrons. The highest BCUT2D eigenvalue weighted by molar-refractivity contribution is 5.72. The molecule has 0 atom stereocenters. The van der Waals surface area contributed by atoms with Crippen LogP contribution in [0.3, 0.4) is 0 Å². The number of nitrogens with one attached hydrogen (secondary N) is 2. The van der Waals surface area contributed by atoms with Crippen molar-refractivity contribution in [1.29, 1.82) is 0 Å². The summed E-state index contributed by atoms with van der Waals surface area (Å²) in [4.78, 5) is 25.7. The number of carbonyl (C=O) groups excluding carboxylic acids is 1. The number of piperidine rings is 1. The number of primary amides is 1. The van der Waals surface area contributed by atoms with E-state index in [2.05, 4.69) is 30.5 Å². The Hall–Kier alpha value is -2.12. The minimum Gasteiger partial charge on any atom is -0.357 e. The number of anilines is 2. The van der Waals surface area contributed by atoms with Crippen LogP contribution in [0, 0.1) is 6.92 Å². The van der Waals surface area contributed by atoms with E-state index < -0.39 is 6.03 Å². The highest BCUT2D eigenvalue weighted by atomic mass is 16.2. The van der Waals surface area contributed by atoms with Gasteiger partial charge < -0.3 is 21.3 Å². The Morgan fingerprint density at radius 1 is 1.32 bits per heavy atom. The van der Waals surface area contributed by atoms with Gasteiger partial charge in [0.1, 0.15) is 5.82 Å². The topological polar surface area (TPSA) is 109 Å². The third kappa shape index (κ3) is 3.43.